The second kappa shape index (κ2) is 14.1. The van der Waals surface area contributed by atoms with E-state index in [9.17, 15) is 4.79 Å². The molecule has 1 saturated heterocycles. The van der Waals surface area contributed by atoms with Gasteiger partial charge in [-0.15, -0.1) is 0 Å². The van der Waals surface area contributed by atoms with Gasteiger partial charge in [-0.2, -0.15) is 0 Å². The topological polar surface area (TPSA) is 69.3 Å². The Morgan fingerprint density at radius 2 is 1.86 bits per heavy atom. The third kappa shape index (κ3) is 7.95. The number of methoxy groups -OCH3 is 2. The summed E-state index contributed by atoms with van der Waals surface area (Å²) in [5, 5.41) is 3.51. The molecule has 1 N–H and O–H groups in total. The summed E-state index contributed by atoms with van der Waals surface area (Å²) < 4.78 is 22.4. The molecule has 2 aromatic rings. The number of carbonyl (C=O) groups excluding carboxylic acids is 1. The molecule has 1 aliphatic rings. The third-order valence-electron chi connectivity index (χ3n) is 6.23. The Hall–Kier alpha value is -2.61. The van der Waals surface area contributed by atoms with E-state index < -0.39 is 0 Å². The van der Waals surface area contributed by atoms with Crippen molar-refractivity contribution in [3.63, 3.8) is 0 Å². The van der Waals surface area contributed by atoms with Gasteiger partial charge in [0.25, 0.3) is 5.91 Å². The van der Waals surface area contributed by atoms with Crippen molar-refractivity contribution in [1.29, 1.82) is 0 Å². The molecule has 7 nitrogen and oxygen atoms in total. The van der Waals surface area contributed by atoms with E-state index in [4.69, 9.17) is 18.9 Å². The van der Waals surface area contributed by atoms with Crippen LogP contribution in [0.25, 0.3) is 0 Å². The van der Waals surface area contributed by atoms with Crippen LogP contribution < -0.4 is 14.8 Å². The molecule has 2 atom stereocenters. The first-order valence-corrected chi connectivity index (χ1v) is 12.5. The maximum absolute atomic E-state index is 13.7. The van der Waals surface area contributed by atoms with Crippen LogP contribution in [0.2, 0.25) is 0 Å². The summed E-state index contributed by atoms with van der Waals surface area (Å²) in [6.07, 6.45) is 1.67. The van der Waals surface area contributed by atoms with E-state index in [0.29, 0.717) is 49.4 Å². The van der Waals surface area contributed by atoms with Crippen LogP contribution in [0.1, 0.15) is 42.6 Å². The van der Waals surface area contributed by atoms with Crippen molar-refractivity contribution in [1.82, 2.24) is 10.2 Å². The number of ether oxygens (including phenoxy) is 4. The van der Waals surface area contributed by atoms with Gasteiger partial charge in [-0.25, -0.2) is 0 Å². The smallest absolute Gasteiger partial charge is 0.254 e. The minimum atomic E-state index is 0.00190. The van der Waals surface area contributed by atoms with E-state index >= 15 is 0 Å². The molecule has 192 valence electrons. The number of carbonyl (C=O) groups is 1. The fourth-order valence-electron chi connectivity index (χ4n) is 4.54. The highest BCUT2D eigenvalue weighted by molar-refractivity contribution is 5.95. The zero-order valence-corrected chi connectivity index (χ0v) is 21.5. The lowest BCUT2D eigenvalue weighted by molar-refractivity contribution is 0.0377. The highest BCUT2D eigenvalue weighted by Crippen LogP contribution is 2.30. The van der Waals surface area contributed by atoms with Crippen LogP contribution in [0.4, 0.5) is 0 Å². The van der Waals surface area contributed by atoms with Crippen molar-refractivity contribution in [3.8, 4) is 11.5 Å². The van der Waals surface area contributed by atoms with Crippen molar-refractivity contribution in [2.75, 3.05) is 47.1 Å². The first-order valence-electron chi connectivity index (χ1n) is 12.5. The molecule has 1 amide bonds. The number of amides is 1. The van der Waals surface area contributed by atoms with Gasteiger partial charge in [-0.3, -0.25) is 4.79 Å². The summed E-state index contributed by atoms with van der Waals surface area (Å²) in [6.45, 7) is 8.19. The van der Waals surface area contributed by atoms with Crippen molar-refractivity contribution in [2.45, 2.75) is 45.4 Å². The van der Waals surface area contributed by atoms with Gasteiger partial charge < -0.3 is 29.2 Å². The van der Waals surface area contributed by atoms with Crippen molar-refractivity contribution >= 4 is 5.91 Å². The Morgan fingerprint density at radius 1 is 1.06 bits per heavy atom. The van der Waals surface area contributed by atoms with Crippen LogP contribution in [-0.2, 0) is 16.1 Å². The lowest BCUT2D eigenvalue weighted by atomic mass is 9.94. The normalized spacial score (nSPS) is 17.9. The standard InChI is InChI=1S/C28H40N2O5/c1-21(2)30(25-15-23(17-29-18-25)20-34-19-22-9-6-5-7-10-22)28(31)24-11-12-26(33-4)27(16-24)35-14-8-13-32-3/h5-7,9-12,16,21,23,25,29H,8,13-15,17-20H2,1-4H3. The Balaban J connectivity index is 1.64. The lowest BCUT2D eigenvalue weighted by Crippen LogP contribution is -2.54. The van der Waals surface area contributed by atoms with Gasteiger partial charge in [-0.1, -0.05) is 30.3 Å². The van der Waals surface area contributed by atoms with Crippen LogP contribution in [0.5, 0.6) is 11.5 Å². The Bertz CT molecular complexity index is 905. The summed E-state index contributed by atoms with van der Waals surface area (Å²) in [5.41, 5.74) is 1.77. The molecule has 3 rings (SSSR count). The number of piperidine rings is 1. The van der Waals surface area contributed by atoms with Gasteiger partial charge in [-0.05, 0) is 49.9 Å². The summed E-state index contributed by atoms with van der Waals surface area (Å²) in [5.74, 6) is 1.54. The first kappa shape index (κ1) is 27.0. The van der Waals surface area contributed by atoms with Crippen LogP contribution in [-0.4, -0.2) is 70.0 Å². The van der Waals surface area contributed by atoms with Gasteiger partial charge in [0.05, 0.1) is 26.9 Å². The molecule has 0 saturated carbocycles. The molecule has 0 bridgehead atoms. The molecule has 1 fully saturated rings. The average molecular weight is 485 g/mol. The zero-order valence-electron chi connectivity index (χ0n) is 21.5. The van der Waals surface area contributed by atoms with E-state index in [1.165, 1.54) is 5.56 Å². The highest BCUT2D eigenvalue weighted by atomic mass is 16.5. The number of rotatable bonds is 13. The van der Waals surface area contributed by atoms with Gasteiger partial charge in [0, 0.05) is 50.9 Å². The number of nitrogens with one attached hydrogen (secondary N) is 1. The highest BCUT2D eigenvalue weighted by Gasteiger charge is 2.32. The quantitative estimate of drug-likeness (QED) is 0.431. The number of hydrogen-bond donors (Lipinski definition) is 1. The van der Waals surface area contributed by atoms with Gasteiger partial charge in [0.2, 0.25) is 0 Å². The molecule has 1 aliphatic heterocycles. The third-order valence-corrected chi connectivity index (χ3v) is 6.23. The maximum Gasteiger partial charge on any atom is 0.254 e. The first-order chi connectivity index (χ1) is 17.0. The molecular weight excluding hydrogens is 444 g/mol. The maximum atomic E-state index is 13.7. The van der Waals surface area contributed by atoms with Crippen LogP contribution in [0, 0.1) is 5.92 Å². The lowest BCUT2D eigenvalue weighted by Gasteiger charge is -2.40. The largest absolute Gasteiger partial charge is 0.493 e. The van der Waals surface area contributed by atoms with Crippen LogP contribution >= 0.6 is 0 Å². The molecule has 0 radical (unpaired) electrons. The predicted molar refractivity (Wildman–Crippen MR) is 137 cm³/mol. The molecule has 2 aromatic carbocycles. The van der Waals surface area contributed by atoms with E-state index in [1.807, 2.05) is 29.2 Å². The molecule has 7 heteroatoms. The Labute approximate surface area is 209 Å². The molecule has 0 spiro atoms. The average Bonchev–Trinajstić information content (AvgIpc) is 2.87. The van der Waals surface area contributed by atoms with E-state index in [2.05, 4.69) is 31.3 Å². The van der Waals surface area contributed by atoms with Gasteiger partial charge in [0.15, 0.2) is 11.5 Å². The summed E-state index contributed by atoms with van der Waals surface area (Å²) >= 11 is 0. The van der Waals surface area contributed by atoms with Crippen LogP contribution in [0.15, 0.2) is 48.5 Å². The van der Waals surface area contributed by atoms with Crippen LogP contribution in [0.3, 0.4) is 0 Å². The SMILES string of the molecule is COCCCOc1cc(C(=O)N(C(C)C)C2CNCC(COCc3ccccc3)C2)ccc1OC. The van der Waals surface area contributed by atoms with Crippen molar-refractivity contribution < 1.29 is 23.7 Å². The summed E-state index contributed by atoms with van der Waals surface area (Å²) in [4.78, 5) is 15.7. The van der Waals surface area contributed by atoms with Crippen molar-refractivity contribution in [2.24, 2.45) is 5.92 Å². The molecule has 0 aromatic heterocycles. The summed E-state index contributed by atoms with van der Waals surface area (Å²) in [7, 11) is 3.27. The van der Waals surface area contributed by atoms with Gasteiger partial charge >= 0.3 is 0 Å². The minimum absolute atomic E-state index is 0.00190. The predicted octanol–water partition coefficient (Wildman–Crippen LogP) is 4.16. The molecular formula is C28H40N2O5. The summed E-state index contributed by atoms with van der Waals surface area (Å²) in [6, 6.07) is 15.8. The monoisotopic (exact) mass is 484 g/mol. The Morgan fingerprint density at radius 3 is 2.57 bits per heavy atom. The van der Waals surface area contributed by atoms with E-state index in [-0.39, 0.29) is 18.0 Å². The fourth-order valence-corrected chi connectivity index (χ4v) is 4.54. The van der Waals surface area contributed by atoms with Crippen molar-refractivity contribution in [3.05, 3.63) is 59.7 Å². The molecule has 2 unspecified atom stereocenters. The number of nitrogens with zero attached hydrogens (tertiary/aromatic N) is 1. The molecule has 1 heterocycles. The zero-order chi connectivity index (χ0) is 25.0. The fraction of sp³-hybridized carbons (Fsp3) is 0.536. The second-order valence-electron chi connectivity index (χ2n) is 9.28. The Kier molecular flexibility index (Phi) is 10.8. The van der Waals surface area contributed by atoms with E-state index in [1.54, 1.807) is 26.4 Å². The van der Waals surface area contributed by atoms with Gasteiger partial charge in [0.1, 0.15) is 0 Å². The molecule has 35 heavy (non-hydrogen) atoms. The molecule has 0 aliphatic carbocycles. The number of hydrogen-bond acceptors (Lipinski definition) is 6. The number of benzene rings is 2. The second-order valence-corrected chi connectivity index (χ2v) is 9.28. The minimum Gasteiger partial charge on any atom is -0.493 e. The van der Waals surface area contributed by atoms with E-state index in [0.717, 1.165) is 25.9 Å².